The van der Waals surface area contributed by atoms with Gasteiger partial charge in [-0.05, 0) is 76.1 Å². The van der Waals surface area contributed by atoms with Crippen molar-refractivity contribution >= 4 is 78.3 Å². The van der Waals surface area contributed by atoms with Gasteiger partial charge in [0, 0.05) is 38.8 Å². The van der Waals surface area contributed by atoms with Crippen LogP contribution in [-0.2, 0) is 4.79 Å². The number of nitrogens with zero attached hydrogens (tertiary/aromatic N) is 4. The van der Waals surface area contributed by atoms with Crippen LogP contribution in [0.1, 0.15) is 11.1 Å². The zero-order valence-electron chi connectivity index (χ0n) is 21.3. The van der Waals surface area contributed by atoms with E-state index in [-0.39, 0.29) is 11.4 Å². The molecule has 0 aliphatic carbocycles. The van der Waals surface area contributed by atoms with E-state index >= 15 is 0 Å². The third-order valence-corrected chi connectivity index (χ3v) is 7.20. The lowest BCUT2D eigenvalue weighted by Crippen LogP contribution is -2.20. The molecule has 1 aromatic heterocycles. The summed E-state index contributed by atoms with van der Waals surface area (Å²) >= 11 is 12.9. The van der Waals surface area contributed by atoms with Gasteiger partial charge in [-0.1, -0.05) is 51.8 Å². The van der Waals surface area contributed by atoms with Crippen LogP contribution in [0, 0.1) is 10.1 Å². The van der Waals surface area contributed by atoms with Gasteiger partial charge in [-0.15, -0.1) is 0 Å². The SMILES string of the molecule is O=C(/C=C/c1cccc([N+](=O)[O-])c1)Oc1c(Br)cc(Br)cc1C=Nn1c(-c2ccc(Cl)cc2)nc2ccccc2c1=O. The summed E-state index contributed by atoms with van der Waals surface area (Å²) in [4.78, 5) is 41.5. The first-order chi connectivity index (χ1) is 20.2. The van der Waals surface area contributed by atoms with Gasteiger partial charge in [0.2, 0.25) is 0 Å². The molecule has 1 heterocycles. The van der Waals surface area contributed by atoms with Crippen LogP contribution >= 0.6 is 43.5 Å². The Hall–Kier alpha value is -4.45. The summed E-state index contributed by atoms with van der Waals surface area (Å²) in [5.74, 6) is -0.296. The van der Waals surface area contributed by atoms with E-state index in [9.17, 15) is 19.7 Å². The number of fused-ring (bicyclic) bond motifs is 1. The normalized spacial score (nSPS) is 11.4. The average Bonchev–Trinajstić information content (AvgIpc) is 2.97. The predicted molar refractivity (Wildman–Crippen MR) is 169 cm³/mol. The molecule has 208 valence electrons. The highest BCUT2D eigenvalue weighted by molar-refractivity contribution is 9.11. The quantitative estimate of drug-likeness (QED) is 0.0428. The topological polar surface area (TPSA) is 117 Å². The van der Waals surface area contributed by atoms with E-state index in [1.807, 2.05) is 0 Å². The van der Waals surface area contributed by atoms with Crippen molar-refractivity contribution in [2.75, 3.05) is 0 Å². The molecule has 0 aliphatic rings. The molecule has 42 heavy (non-hydrogen) atoms. The lowest BCUT2D eigenvalue weighted by Gasteiger charge is -2.11. The van der Waals surface area contributed by atoms with Gasteiger partial charge in [0.05, 0.1) is 26.5 Å². The number of carbonyl (C=O) groups is 1. The van der Waals surface area contributed by atoms with Crippen molar-refractivity contribution in [3.63, 3.8) is 0 Å². The van der Waals surface area contributed by atoms with Crippen LogP contribution in [0.2, 0.25) is 5.02 Å². The summed E-state index contributed by atoms with van der Waals surface area (Å²) in [5, 5.41) is 16.4. The number of esters is 1. The molecule has 0 atom stereocenters. The van der Waals surface area contributed by atoms with Gasteiger partial charge in [-0.25, -0.2) is 9.78 Å². The number of hydrogen-bond donors (Lipinski definition) is 0. The summed E-state index contributed by atoms with van der Waals surface area (Å²) in [5.41, 5.74) is 1.46. The first-order valence-corrected chi connectivity index (χ1v) is 14.1. The first kappa shape index (κ1) is 29.1. The zero-order chi connectivity index (χ0) is 29.8. The Morgan fingerprint density at radius 2 is 1.79 bits per heavy atom. The van der Waals surface area contributed by atoms with Crippen LogP contribution in [-0.4, -0.2) is 26.8 Å². The number of benzene rings is 4. The molecule has 0 saturated carbocycles. The number of ether oxygens (including phenoxy) is 1. The zero-order valence-corrected chi connectivity index (χ0v) is 25.2. The van der Waals surface area contributed by atoms with Gasteiger partial charge in [-0.3, -0.25) is 14.9 Å². The molecule has 0 radical (unpaired) electrons. The maximum absolute atomic E-state index is 13.5. The fourth-order valence-electron chi connectivity index (χ4n) is 3.96. The first-order valence-electron chi connectivity index (χ1n) is 12.1. The Bertz CT molecular complexity index is 1970. The van der Waals surface area contributed by atoms with E-state index in [0.717, 1.165) is 6.08 Å². The second kappa shape index (κ2) is 12.6. The summed E-state index contributed by atoms with van der Waals surface area (Å²) < 4.78 is 7.89. The summed E-state index contributed by atoms with van der Waals surface area (Å²) in [6, 6.07) is 23.0. The second-order valence-electron chi connectivity index (χ2n) is 8.73. The number of hydrogen-bond acceptors (Lipinski definition) is 7. The van der Waals surface area contributed by atoms with Gasteiger partial charge in [0.1, 0.15) is 0 Å². The van der Waals surface area contributed by atoms with Crippen molar-refractivity contribution in [1.82, 2.24) is 9.66 Å². The molecule has 9 nitrogen and oxygen atoms in total. The summed E-state index contributed by atoms with van der Waals surface area (Å²) in [6.45, 7) is 0. The van der Waals surface area contributed by atoms with Crippen LogP contribution in [0.5, 0.6) is 5.75 Å². The number of aromatic nitrogens is 2. The van der Waals surface area contributed by atoms with Crippen molar-refractivity contribution in [2.24, 2.45) is 5.10 Å². The van der Waals surface area contributed by atoms with Crippen molar-refractivity contribution < 1.29 is 14.5 Å². The highest BCUT2D eigenvalue weighted by Gasteiger charge is 2.15. The second-order valence-corrected chi connectivity index (χ2v) is 10.9. The van der Waals surface area contributed by atoms with Crippen LogP contribution in [0.25, 0.3) is 28.4 Å². The number of carbonyl (C=O) groups excluding carboxylic acids is 1. The van der Waals surface area contributed by atoms with Crippen LogP contribution in [0.4, 0.5) is 5.69 Å². The smallest absolute Gasteiger partial charge is 0.336 e. The van der Waals surface area contributed by atoms with Gasteiger partial charge in [0.25, 0.3) is 11.2 Å². The highest BCUT2D eigenvalue weighted by Crippen LogP contribution is 2.32. The molecule has 0 N–H and O–H groups in total. The largest absolute Gasteiger partial charge is 0.421 e. The van der Waals surface area contributed by atoms with Crippen molar-refractivity contribution in [1.29, 1.82) is 0 Å². The molecule has 0 bridgehead atoms. The molecule has 4 aromatic carbocycles. The van der Waals surface area contributed by atoms with Crippen molar-refractivity contribution in [3.05, 3.63) is 137 Å². The average molecular weight is 709 g/mol. The van der Waals surface area contributed by atoms with E-state index in [4.69, 9.17) is 16.3 Å². The third-order valence-electron chi connectivity index (χ3n) is 5.90. The van der Waals surface area contributed by atoms with E-state index < -0.39 is 16.5 Å². The maximum atomic E-state index is 13.5. The molecule has 0 aliphatic heterocycles. The van der Waals surface area contributed by atoms with Crippen LogP contribution in [0.15, 0.2) is 110 Å². The Kier molecular flexibility index (Phi) is 8.72. The number of para-hydroxylation sites is 1. The van der Waals surface area contributed by atoms with Crippen molar-refractivity contribution in [3.8, 4) is 17.1 Å². The van der Waals surface area contributed by atoms with Crippen LogP contribution in [0.3, 0.4) is 0 Å². The Morgan fingerprint density at radius 3 is 2.55 bits per heavy atom. The number of nitro benzene ring substituents is 1. The number of rotatable bonds is 7. The van der Waals surface area contributed by atoms with Gasteiger partial charge in [0.15, 0.2) is 11.6 Å². The predicted octanol–water partition coefficient (Wildman–Crippen LogP) is 7.65. The minimum Gasteiger partial charge on any atom is -0.421 e. The minimum absolute atomic E-state index is 0.101. The maximum Gasteiger partial charge on any atom is 0.336 e. The molecule has 0 fully saturated rings. The summed E-state index contributed by atoms with van der Waals surface area (Å²) in [6.07, 6.45) is 3.96. The minimum atomic E-state index is -0.731. The van der Waals surface area contributed by atoms with E-state index in [2.05, 4.69) is 41.9 Å². The fourth-order valence-corrected chi connectivity index (χ4v) is 5.43. The Balaban J connectivity index is 1.53. The van der Waals surface area contributed by atoms with Gasteiger partial charge >= 0.3 is 5.97 Å². The van der Waals surface area contributed by atoms with E-state index in [0.29, 0.717) is 47.4 Å². The van der Waals surface area contributed by atoms with Crippen molar-refractivity contribution in [2.45, 2.75) is 0 Å². The molecule has 0 amide bonds. The van der Waals surface area contributed by atoms with E-state index in [1.165, 1.54) is 35.2 Å². The third kappa shape index (κ3) is 6.54. The molecule has 0 unspecified atom stereocenters. The van der Waals surface area contributed by atoms with Gasteiger partial charge in [-0.2, -0.15) is 9.78 Å². The molecular formula is C30H17Br2ClN4O5. The standard InChI is InChI=1S/C30H17Br2ClN4O5/c31-21-15-20(28(25(32)16-21)42-27(38)13-8-18-4-3-5-23(14-18)37(40)41)17-34-36-29(19-9-11-22(33)12-10-19)35-26-7-2-1-6-24(26)30(36)39/h1-17H/b13-8+,34-17?. The number of non-ortho nitro benzene ring substituents is 1. The Morgan fingerprint density at radius 1 is 1.02 bits per heavy atom. The monoisotopic (exact) mass is 706 g/mol. The highest BCUT2D eigenvalue weighted by atomic mass is 79.9. The van der Waals surface area contributed by atoms with E-state index in [1.54, 1.807) is 66.7 Å². The molecule has 5 aromatic rings. The lowest BCUT2D eigenvalue weighted by molar-refractivity contribution is -0.384. The fraction of sp³-hybridized carbons (Fsp3) is 0. The van der Waals surface area contributed by atoms with Gasteiger partial charge < -0.3 is 4.74 Å². The summed E-state index contributed by atoms with van der Waals surface area (Å²) in [7, 11) is 0. The molecule has 12 heteroatoms. The molecule has 5 rings (SSSR count). The number of halogens is 3. The number of nitro groups is 1. The molecular weight excluding hydrogens is 692 g/mol. The molecule has 0 saturated heterocycles. The Labute approximate surface area is 260 Å². The molecule has 0 spiro atoms. The lowest BCUT2D eigenvalue weighted by atomic mass is 10.2. The van der Waals surface area contributed by atoms with Crippen LogP contribution < -0.4 is 10.3 Å².